The lowest BCUT2D eigenvalue weighted by atomic mass is 9.97. The number of hydrogen-bond donors (Lipinski definition) is 5. The Bertz CT molecular complexity index is 665. The predicted molar refractivity (Wildman–Crippen MR) is 85.9 cm³/mol. The minimum absolute atomic E-state index is 0.0270. The van der Waals surface area contributed by atoms with Crippen molar-refractivity contribution in [2.75, 3.05) is 13.7 Å². The summed E-state index contributed by atoms with van der Waals surface area (Å²) in [6.07, 6.45) is -5.30. The molecule has 26 heavy (non-hydrogen) atoms. The topological polar surface area (TPSA) is 155 Å². The number of hydrogen-bond acceptors (Lipinski definition) is 8. The van der Waals surface area contributed by atoms with Gasteiger partial charge in [0.25, 0.3) is 0 Å². The van der Waals surface area contributed by atoms with E-state index in [0.717, 1.165) is 0 Å². The molecule has 1 heterocycles. The van der Waals surface area contributed by atoms with Gasteiger partial charge < -0.3 is 40.0 Å². The van der Waals surface area contributed by atoms with E-state index in [1.54, 1.807) is 0 Å². The number of methoxy groups -OCH3 is 1. The zero-order chi connectivity index (χ0) is 19.4. The van der Waals surface area contributed by atoms with Gasteiger partial charge in [0.15, 0.2) is 11.5 Å². The number of rotatable bonds is 6. The van der Waals surface area contributed by atoms with Gasteiger partial charge in [0.05, 0.1) is 19.3 Å². The highest BCUT2D eigenvalue weighted by atomic mass is 16.7. The summed E-state index contributed by atoms with van der Waals surface area (Å²) in [5.74, 6) is -1.46. The van der Waals surface area contributed by atoms with E-state index in [4.69, 9.17) is 19.3 Å². The lowest BCUT2D eigenvalue weighted by Gasteiger charge is -2.42. The number of aliphatic hydroxyl groups is 3. The third-order valence-corrected chi connectivity index (χ3v) is 3.90. The number of aromatic carboxylic acids is 1. The van der Waals surface area contributed by atoms with Crippen molar-refractivity contribution in [3.05, 3.63) is 23.8 Å². The zero-order valence-corrected chi connectivity index (χ0v) is 14.2. The van der Waals surface area contributed by atoms with Gasteiger partial charge in [-0.1, -0.05) is 0 Å². The van der Waals surface area contributed by atoms with Crippen molar-refractivity contribution >= 4 is 11.9 Å². The van der Waals surface area contributed by atoms with Crippen LogP contribution in [0.2, 0.25) is 0 Å². The summed E-state index contributed by atoms with van der Waals surface area (Å²) < 4.78 is 16.2. The highest BCUT2D eigenvalue weighted by Crippen LogP contribution is 2.32. The Kier molecular flexibility index (Phi) is 6.37. The van der Waals surface area contributed by atoms with Gasteiger partial charge in [-0.2, -0.15) is 0 Å². The second kappa shape index (κ2) is 8.32. The summed E-state index contributed by atoms with van der Waals surface area (Å²) in [6.45, 7) is 0.635. The van der Waals surface area contributed by atoms with Crippen molar-refractivity contribution in [2.45, 2.75) is 37.6 Å². The molecule has 1 fully saturated rings. The maximum atomic E-state index is 11.4. The van der Waals surface area contributed by atoms with Crippen LogP contribution in [0.1, 0.15) is 17.3 Å². The number of benzene rings is 1. The van der Waals surface area contributed by atoms with Crippen molar-refractivity contribution < 1.29 is 44.2 Å². The van der Waals surface area contributed by atoms with Gasteiger partial charge in [0, 0.05) is 6.92 Å². The molecule has 1 aromatic carbocycles. The minimum atomic E-state index is -1.46. The van der Waals surface area contributed by atoms with Crippen molar-refractivity contribution in [1.82, 2.24) is 5.32 Å². The summed E-state index contributed by atoms with van der Waals surface area (Å²) in [5, 5.41) is 41.0. The molecule has 5 atom stereocenters. The fourth-order valence-corrected chi connectivity index (χ4v) is 2.59. The molecule has 1 amide bonds. The second-order valence-corrected chi connectivity index (χ2v) is 5.72. The molecule has 0 radical (unpaired) electrons. The summed E-state index contributed by atoms with van der Waals surface area (Å²) in [5.41, 5.74) is -0.0270. The minimum Gasteiger partial charge on any atom is -0.493 e. The van der Waals surface area contributed by atoms with Gasteiger partial charge in [0.1, 0.15) is 24.4 Å². The molecule has 0 aliphatic carbocycles. The monoisotopic (exact) mass is 371 g/mol. The van der Waals surface area contributed by atoms with Crippen LogP contribution < -0.4 is 14.8 Å². The van der Waals surface area contributed by atoms with Crippen LogP contribution in [0.5, 0.6) is 11.5 Å². The van der Waals surface area contributed by atoms with Crippen LogP contribution in [0.25, 0.3) is 0 Å². The third kappa shape index (κ3) is 4.22. The summed E-state index contributed by atoms with van der Waals surface area (Å²) in [6, 6.07) is 2.73. The molecule has 0 unspecified atom stereocenters. The number of carboxylic acid groups (broad SMARTS) is 1. The number of amides is 1. The van der Waals surface area contributed by atoms with Crippen LogP contribution in [0.15, 0.2) is 18.2 Å². The van der Waals surface area contributed by atoms with Gasteiger partial charge >= 0.3 is 5.97 Å². The van der Waals surface area contributed by atoms with E-state index >= 15 is 0 Å². The largest absolute Gasteiger partial charge is 0.493 e. The average Bonchev–Trinajstić information content (AvgIpc) is 2.60. The van der Waals surface area contributed by atoms with E-state index in [-0.39, 0.29) is 17.1 Å². The quantitative estimate of drug-likeness (QED) is 0.411. The number of nitrogens with one attached hydrogen (secondary N) is 1. The Morgan fingerprint density at radius 3 is 2.46 bits per heavy atom. The van der Waals surface area contributed by atoms with Crippen LogP contribution in [-0.2, 0) is 9.53 Å². The molecule has 0 bridgehead atoms. The van der Waals surface area contributed by atoms with Gasteiger partial charge in [-0.3, -0.25) is 4.79 Å². The van der Waals surface area contributed by atoms with Crippen molar-refractivity contribution in [3.63, 3.8) is 0 Å². The van der Waals surface area contributed by atoms with Gasteiger partial charge in [0.2, 0.25) is 12.2 Å². The molecule has 10 nitrogen and oxygen atoms in total. The Morgan fingerprint density at radius 1 is 1.23 bits per heavy atom. The van der Waals surface area contributed by atoms with Gasteiger partial charge in [-0.05, 0) is 18.2 Å². The SMILES string of the molecule is COc1cc(C(=O)O)ccc1O[C@H]1O[C@@H](CO)[C@@H](O)[C@@H](O)[C@H]1NC(C)=O. The number of carbonyl (C=O) groups excluding carboxylic acids is 1. The van der Waals surface area contributed by atoms with Crippen LogP contribution in [0.3, 0.4) is 0 Å². The maximum absolute atomic E-state index is 11.4. The Labute approximate surface area is 148 Å². The molecule has 10 heteroatoms. The second-order valence-electron chi connectivity index (χ2n) is 5.72. The van der Waals surface area contributed by atoms with E-state index in [2.05, 4.69) is 5.32 Å². The molecule has 0 saturated carbocycles. The molecule has 5 N–H and O–H groups in total. The van der Waals surface area contributed by atoms with E-state index in [0.29, 0.717) is 0 Å². The molecular weight excluding hydrogens is 350 g/mol. The van der Waals surface area contributed by atoms with Crippen LogP contribution in [0, 0.1) is 0 Å². The van der Waals surface area contributed by atoms with E-state index < -0.39 is 49.1 Å². The van der Waals surface area contributed by atoms with Crippen LogP contribution in [0.4, 0.5) is 0 Å². The van der Waals surface area contributed by atoms with Crippen LogP contribution in [-0.4, -0.2) is 76.7 Å². The first-order valence-corrected chi connectivity index (χ1v) is 7.76. The van der Waals surface area contributed by atoms with E-state index in [9.17, 15) is 24.9 Å². The van der Waals surface area contributed by atoms with Gasteiger partial charge in [-0.25, -0.2) is 4.79 Å². The zero-order valence-electron chi connectivity index (χ0n) is 14.2. The Hall–Kier alpha value is -2.40. The first-order valence-electron chi connectivity index (χ1n) is 7.76. The molecule has 1 aliphatic heterocycles. The van der Waals surface area contributed by atoms with Gasteiger partial charge in [-0.15, -0.1) is 0 Å². The molecule has 1 saturated heterocycles. The van der Waals surface area contributed by atoms with E-state index in [1.807, 2.05) is 0 Å². The van der Waals surface area contributed by atoms with E-state index in [1.165, 1.54) is 32.2 Å². The summed E-state index contributed by atoms with van der Waals surface area (Å²) >= 11 is 0. The maximum Gasteiger partial charge on any atom is 0.335 e. The fraction of sp³-hybridized carbons (Fsp3) is 0.500. The fourth-order valence-electron chi connectivity index (χ4n) is 2.59. The number of ether oxygens (including phenoxy) is 3. The molecule has 2 rings (SSSR count). The summed E-state index contributed by atoms with van der Waals surface area (Å²) in [4.78, 5) is 22.4. The molecule has 1 aliphatic rings. The smallest absolute Gasteiger partial charge is 0.335 e. The molecule has 144 valence electrons. The highest BCUT2D eigenvalue weighted by Gasteiger charge is 2.46. The molecule has 0 spiro atoms. The molecule has 1 aromatic rings. The van der Waals surface area contributed by atoms with Crippen molar-refractivity contribution in [1.29, 1.82) is 0 Å². The first kappa shape index (κ1) is 19.9. The lowest BCUT2D eigenvalue weighted by molar-refractivity contribution is -0.244. The standard InChI is InChI=1S/C16H21NO9/c1-7(19)17-12-14(21)13(20)11(6-18)26-16(12)25-9-4-3-8(15(22)23)5-10(9)24-2/h3-5,11-14,16,18,20-21H,6H2,1-2H3,(H,17,19)(H,22,23)/t11-,12+,13+,14-,16-/m0/s1. The molecular formula is C16H21NO9. The summed E-state index contributed by atoms with van der Waals surface area (Å²) in [7, 11) is 1.32. The highest BCUT2D eigenvalue weighted by molar-refractivity contribution is 5.88. The Morgan fingerprint density at radius 2 is 1.92 bits per heavy atom. The third-order valence-electron chi connectivity index (χ3n) is 3.90. The normalized spacial score (nSPS) is 28.3. The van der Waals surface area contributed by atoms with Crippen molar-refractivity contribution in [2.24, 2.45) is 0 Å². The van der Waals surface area contributed by atoms with Crippen LogP contribution >= 0.6 is 0 Å². The lowest BCUT2D eigenvalue weighted by Crippen LogP contribution is -2.65. The number of carboxylic acids is 1. The van der Waals surface area contributed by atoms with Crippen molar-refractivity contribution in [3.8, 4) is 11.5 Å². The number of carbonyl (C=O) groups is 2. The Balaban J connectivity index is 2.31. The molecule has 0 aromatic heterocycles. The first-order chi connectivity index (χ1) is 12.3. The predicted octanol–water partition coefficient (Wildman–Crippen LogP) is -1.28. The number of aliphatic hydroxyl groups excluding tert-OH is 3. The average molecular weight is 371 g/mol.